The van der Waals surface area contributed by atoms with Crippen LogP contribution in [0.3, 0.4) is 0 Å². The van der Waals surface area contributed by atoms with Crippen LogP contribution in [0.2, 0.25) is 10.0 Å². The minimum absolute atomic E-state index is 0.0718. The summed E-state index contributed by atoms with van der Waals surface area (Å²) in [5.41, 5.74) is 6.68. The molecule has 2 N–H and O–H groups in total. The average Bonchev–Trinajstić information content (AvgIpc) is 3.09. The Balaban J connectivity index is 1.67. The highest BCUT2D eigenvalue weighted by atomic mass is 35.5. The molecule has 2 aliphatic rings. The Kier molecular flexibility index (Phi) is 3.93. The van der Waals surface area contributed by atoms with Gasteiger partial charge in [0.1, 0.15) is 0 Å². The molecule has 1 aromatic carbocycles. The monoisotopic (exact) mass is 312 g/mol. The van der Waals surface area contributed by atoms with Gasteiger partial charge in [0.25, 0.3) is 0 Å². The largest absolute Gasteiger partial charge is 0.342 e. The van der Waals surface area contributed by atoms with Gasteiger partial charge in [0.2, 0.25) is 5.91 Å². The fraction of sp³-hybridized carbons (Fsp3) is 0.533. The highest BCUT2D eigenvalue weighted by Gasteiger charge is 2.47. The van der Waals surface area contributed by atoms with Gasteiger partial charge in [-0.05, 0) is 42.9 Å². The van der Waals surface area contributed by atoms with Gasteiger partial charge in [-0.1, -0.05) is 35.3 Å². The molecule has 1 aromatic rings. The van der Waals surface area contributed by atoms with Crippen LogP contribution in [0.1, 0.15) is 24.3 Å². The topological polar surface area (TPSA) is 46.3 Å². The van der Waals surface area contributed by atoms with E-state index >= 15 is 0 Å². The van der Waals surface area contributed by atoms with Crippen LogP contribution in [0.4, 0.5) is 0 Å². The summed E-state index contributed by atoms with van der Waals surface area (Å²) in [6.45, 7) is 2.31. The predicted molar refractivity (Wildman–Crippen MR) is 81.1 cm³/mol. The lowest BCUT2D eigenvalue weighted by Gasteiger charge is -2.16. The Hall–Kier alpha value is -0.770. The molecule has 3 rings (SSSR count). The Bertz CT molecular complexity index is 535. The maximum Gasteiger partial charge on any atom is 0.226 e. The summed E-state index contributed by atoms with van der Waals surface area (Å²) >= 11 is 12.3. The van der Waals surface area contributed by atoms with E-state index in [-0.39, 0.29) is 17.7 Å². The lowest BCUT2D eigenvalue weighted by atomic mass is 10.1. The van der Waals surface area contributed by atoms with Crippen molar-refractivity contribution in [2.75, 3.05) is 19.6 Å². The van der Waals surface area contributed by atoms with Crippen molar-refractivity contribution >= 4 is 29.1 Å². The lowest BCUT2D eigenvalue weighted by molar-refractivity contribution is -0.131. The van der Waals surface area contributed by atoms with Gasteiger partial charge >= 0.3 is 0 Å². The van der Waals surface area contributed by atoms with Crippen molar-refractivity contribution in [2.45, 2.75) is 18.8 Å². The van der Waals surface area contributed by atoms with E-state index < -0.39 is 0 Å². The third kappa shape index (κ3) is 2.54. The van der Waals surface area contributed by atoms with Crippen LogP contribution in [-0.2, 0) is 4.79 Å². The van der Waals surface area contributed by atoms with Crippen molar-refractivity contribution in [2.24, 2.45) is 17.6 Å². The summed E-state index contributed by atoms with van der Waals surface area (Å²) in [6.07, 6.45) is 1.90. The maximum absolute atomic E-state index is 12.5. The molecule has 0 spiro atoms. The van der Waals surface area contributed by atoms with Crippen molar-refractivity contribution in [3.63, 3.8) is 0 Å². The number of nitrogens with two attached hydrogens (primary N) is 1. The Labute approximate surface area is 129 Å². The fourth-order valence-corrected chi connectivity index (χ4v) is 3.53. The number of amides is 1. The highest BCUT2D eigenvalue weighted by Crippen LogP contribution is 2.51. The summed E-state index contributed by atoms with van der Waals surface area (Å²) in [7, 11) is 0. The lowest BCUT2D eigenvalue weighted by Crippen LogP contribution is -2.31. The van der Waals surface area contributed by atoms with E-state index in [2.05, 4.69) is 0 Å². The quantitative estimate of drug-likeness (QED) is 0.932. The minimum atomic E-state index is 0.0718. The van der Waals surface area contributed by atoms with Gasteiger partial charge in [0.05, 0.1) is 10.0 Å². The summed E-state index contributed by atoms with van der Waals surface area (Å²) < 4.78 is 0. The first-order chi connectivity index (χ1) is 9.61. The van der Waals surface area contributed by atoms with Gasteiger partial charge in [0.15, 0.2) is 0 Å². The molecule has 0 radical (unpaired) electrons. The summed E-state index contributed by atoms with van der Waals surface area (Å²) in [6, 6.07) is 5.64. The third-order valence-corrected chi connectivity index (χ3v) is 5.25. The SMILES string of the molecule is NC[C@@H]1CCN(C(=O)[C@H]2C[C@@H]2c2cccc(Cl)c2Cl)C1. The summed E-state index contributed by atoms with van der Waals surface area (Å²) in [5, 5.41) is 1.15. The molecule has 5 heteroatoms. The van der Waals surface area contributed by atoms with Gasteiger partial charge in [0, 0.05) is 19.0 Å². The Morgan fingerprint density at radius 3 is 2.90 bits per heavy atom. The molecule has 2 fully saturated rings. The fourth-order valence-electron chi connectivity index (χ4n) is 3.08. The molecule has 0 aromatic heterocycles. The van der Waals surface area contributed by atoms with E-state index in [4.69, 9.17) is 28.9 Å². The Morgan fingerprint density at radius 1 is 1.40 bits per heavy atom. The van der Waals surface area contributed by atoms with E-state index in [0.717, 1.165) is 31.5 Å². The number of hydrogen-bond acceptors (Lipinski definition) is 2. The van der Waals surface area contributed by atoms with Crippen molar-refractivity contribution in [3.05, 3.63) is 33.8 Å². The van der Waals surface area contributed by atoms with E-state index in [1.54, 1.807) is 6.07 Å². The Morgan fingerprint density at radius 2 is 2.20 bits per heavy atom. The molecule has 3 nitrogen and oxygen atoms in total. The van der Waals surface area contributed by atoms with Crippen LogP contribution in [0, 0.1) is 11.8 Å². The average molecular weight is 313 g/mol. The van der Waals surface area contributed by atoms with Crippen molar-refractivity contribution in [1.82, 2.24) is 4.90 Å². The molecule has 0 unspecified atom stereocenters. The van der Waals surface area contributed by atoms with E-state index in [0.29, 0.717) is 22.5 Å². The second kappa shape index (κ2) is 5.55. The highest BCUT2D eigenvalue weighted by molar-refractivity contribution is 6.42. The van der Waals surface area contributed by atoms with Crippen molar-refractivity contribution < 1.29 is 4.79 Å². The van der Waals surface area contributed by atoms with Crippen molar-refractivity contribution in [1.29, 1.82) is 0 Å². The zero-order valence-corrected chi connectivity index (χ0v) is 12.7. The van der Waals surface area contributed by atoms with E-state index in [9.17, 15) is 4.79 Å². The number of benzene rings is 1. The van der Waals surface area contributed by atoms with Gasteiger partial charge in [-0.15, -0.1) is 0 Å². The van der Waals surface area contributed by atoms with Gasteiger partial charge in [-0.3, -0.25) is 4.79 Å². The van der Waals surface area contributed by atoms with Crippen LogP contribution in [0.15, 0.2) is 18.2 Å². The number of likely N-dealkylation sites (tertiary alicyclic amines) is 1. The van der Waals surface area contributed by atoms with Crippen LogP contribution >= 0.6 is 23.2 Å². The molecule has 1 saturated heterocycles. The molecule has 1 aliphatic heterocycles. The predicted octanol–water partition coefficient (Wildman–Crippen LogP) is 2.90. The second-order valence-electron chi connectivity index (χ2n) is 5.77. The molecule has 1 saturated carbocycles. The van der Waals surface area contributed by atoms with Gasteiger partial charge < -0.3 is 10.6 Å². The number of halogens is 2. The van der Waals surface area contributed by atoms with Gasteiger partial charge in [-0.2, -0.15) is 0 Å². The third-order valence-electron chi connectivity index (χ3n) is 4.42. The normalized spacial score (nSPS) is 28.8. The first-order valence-corrected chi connectivity index (χ1v) is 7.80. The van der Waals surface area contributed by atoms with Gasteiger partial charge in [-0.25, -0.2) is 0 Å². The molecule has 0 bridgehead atoms. The minimum Gasteiger partial charge on any atom is -0.342 e. The standard InChI is InChI=1S/C15H18Cl2N2O/c16-13-3-1-2-10(14(13)17)11-6-12(11)15(20)19-5-4-9(7-18)8-19/h1-3,9,11-12H,4-8,18H2/t9-,11+,12-/m0/s1. The maximum atomic E-state index is 12.5. The molecule has 20 heavy (non-hydrogen) atoms. The molecule has 3 atom stereocenters. The zero-order chi connectivity index (χ0) is 14.3. The zero-order valence-electron chi connectivity index (χ0n) is 11.2. The molecular formula is C15H18Cl2N2O. The first-order valence-electron chi connectivity index (χ1n) is 7.04. The van der Waals surface area contributed by atoms with Crippen LogP contribution in [0.5, 0.6) is 0 Å². The van der Waals surface area contributed by atoms with E-state index in [1.807, 2.05) is 17.0 Å². The summed E-state index contributed by atoms with van der Waals surface area (Å²) in [5.74, 6) is 1.01. The molecule has 108 valence electrons. The van der Waals surface area contributed by atoms with E-state index in [1.165, 1.54) is 0 Å². The number of carbonyl (C=O) groups excluding carboxylic acids is 1. The first kappa shape index (κ1) is 14.2. The smallest absolute Gasteiger partial charge is 0.226 e. The number of hydrogen-bond donors (Lipinski definition) is 1. The second-order valence-corrected chi connectivity index (χ2v) is 6.55. The molecular weight excluding hydrogens is 295 g/mol. The summed E-state index contributed by atoms with van der Waals surface area (Å²) in [4.78, 5) is 14.4. The molecule has 1 amide bonds. The van der Waals surface area contributed by atoms with Crippen LogP contribution in [0.25, 0.3) is 0 Å². The van der Waals surface area contributed by atoms with Crippen LogP contribution < -0.4 is 5.73 Å². The molecule has 1 aliphatic carbocycles. The molecule has 1 heterocycles. The van der Waals surface area contributed by atoms with Crippen molar-refractivity contribution in [3.8, 4) is 0 Å². The van der Waals surface area contributed by atoms with Crippen LogP contribution in [-0.4, -0.2) is 30.4 Å². The number of nitrogens with zero attached hydrogens (tertiary/aromatic N) is 1. The number of carbonyl (C=O) groups is 1. The number of rotatable bonds is 3.